The van der Waals surface area contributed by atoms with Crippen molar-refractivity contribution >= 4 is 0 Å². The van der Waals surface area contributed by atoms with Gasteiger partial charge in [-0.15, -0.1) is 0 Å². The summed E-state index contributed by atoms with van der Waals surface area (Å²) in [4.78, 5) is 0. The Morgan fingerprint density at radius 2 is 1.85 bits per heavy atom. The molecule has 1 aliphatic carbocycles. The maximum absolute atomic E-state index is 5.18. The predicted molar refractivity (Wildman–Crippen MR) is 54.0 cm³/mol. The zero-order chi connectivity index (χ0) is 8.93. The van der Waals surface area contributed by atoms with Gasteiger partial charge < -0.3 is 4.74 Å². The molecule has 0 saturated heterocycles. The van der Waals surface area contributed by atoms with Crippen LogP contribution < -0.4 is 0 Å². The van der Waals surface area contributed by atoms with Gasteiger partial charge in [0.25, 0.3) is 0 Å². The van der Waals surface area contributed by atoms with E-state index in [9.17, 15) is 0 Å². The summed E-state index contributed by atoms with van der Waals surface area (Å²) in [5.41, 5.74) is 0. The first-order valence-corrected chi connectivity index (χ1v) is 5.09. The van der Waals surface area contributed by atoms with Crippen molar-refractivity contribution in [2.75, 3.05) is 0 Å². The van der Waals surface area contributed by atoms with E-state index in [0.717, 1.165) is 24.7 Å². The molecule has 0 spiro atoms. The highest BCUT2D eigenvalue weighted by Gasteiger charge is 2.19. The molecule has 0 aromatic heterocycles. The van der Waals surface area contributed by atoms with E-state index in [1.165, 1.54) is 12.8 Å². The molecule has 2 rings (SSSR count). The van der Waals surface area contributed by atoms with Crippen LogP contribution >= 0.6 is 0 Å². The second-order valence-electron chi connectivity index (χ2n) is 3.78. The number of allylic oxidation sites excluding steroid dienone is 4. The molecule has 0 fully saturated rings. The molecule has 2 atom stereocenters. The van der Waals surface area contributed by atoms with Crippen LogP contribution in [0.3, 0.4) is 0 Å². The maximum Gasteiger partial charge on any atom is 0.0861 e. The van der Waals surface area contributed by atoms with Gasteiger partial charge in [-0.2, -0.15) is 0 Å². The number of rotatable bonds is 0. The van der Waals surface area contributed by atoms with Gasteiger partial charge in [0, 0.05) is 0 Å². The summed E-state index contributed by atoms with van der Waals surface area (Å²) in [6.45, 7) is 0. The Morgan fingerprint density at radius 3 is 2.77 bits per heavy atom. The van der Waals surface area contributed by atoms with Crippen LogP contribution in [0.1, 0.15) is 25.7 Å². The Bertz CT molecular complexity index is 238. The molecular weight excluding hydrogens is 160 g/mol. The van der Waals surface area contributed by atoms with Crippen molar-refractivity contribution in [3.05, 3.63) is 36.8 Å². The quantitative estimate of drug-likeness (QED) is 0.514. The molecule has 0 aromatic carbocycles. The lowest BCUT2D eigenvalue weighted by atomic mass is 9.80. The minimum absolute atomic E-state index is 0.733. The molecule has 13 heavy (non-hydrogen) atoms. The Balaban J connectivity index is 2.08. The van der Waals surface area contributed by atoms with Crippen LogP contribution in [-0.4, -0.2) is 0 Å². The molecule has 0 N–H and O–H groups in total. The lowest BCUT2D eigenvalue weighted by Gasteiger charge is -2.25. The molecule has 1 heterocycles. The van der Waals surface area contributed by atoms with E-state index in [1.54, 1.807) is 12.5 Å². The molecule has 1 nitrogen and oxygen atoms in total. The molecule has 0 radical (unpaired) electrons. The molecule has 0 aromatic rings. The van der Waals surface area contributed by atoms with E-state index < -0.39 is 0 Å². The zero-order valence-corrected chi connectivity index (χ0v) is 7.86. The van der Waals surface area contributed by atoms with Gasteiger partial charge in [0.2, 0.25) is 0 Å². The van der Waals surface area contributed by atoms with Gasteiger partial charge in [-0.3, -0.25) is 0 Å². The second-order valence-corrected chi connectivity index (χ2v) is 3.78. The standard InChI is InChI=1S/C12H16O/c1-2-6-12-8-4-10-13-9-3-7-11(12)5-1/h1,3-5,9-12H,2,6-8H2/b9-3-,10-4-. The zero-order valence-electron chi connectivity index (χ0n) is 7.86. The smallest absolute Gasteiger partial charge is 0.0861 e. The van der Waals surface area contributed by atoms with Crippen LogP contribution in [0.25, 0.3) is 0 Å². The summed E-state index contributed by atoms with van der Waals surface area (Å²) in [6.07, 6.45) is 17.4. The van der Waals surface area contributed by atoms with Gasteiger partial charge in [0.05, 0.1) is 12.5 Å². The molecule has 0 amide bonds. The Kier molecular flexibility index (Phi) is 2.86. The minimum atomic E-state index is 0.733. The monoisotopic (exact) mass is 176 g/mol. The number of fused-ring (bicyclic) bond motifs is 1. The number of hydrogen-bond acceptors (Lipinski definition) is 1. The third kappa shape index (κ3) is 2.24. The second kappa shape index (κ2) is 4.31. The Labute approximate surface area is 79.8 Å². The lowest BCUT2D eigenvalue weighted by molar-refractivity contribution is 0.361. The molecule has 2 unspecified atom stereocenters. The molecule has 70 valence electrons. The summed E-state index contributed by atoms with van der Waals surface area (Å²) in [7, 11) is 0. The molecule has 0 bridgehead atoms. The Hall–Kier alpha value is -0.980. The first-order chi connectivity index (χ1) is 6.47. The van der Waals surface area contributed by atoms with Crippen molar-refractivity contribution in [2.45, 2.75) is 25.7 Å². The molecule has 1 heteroatoms. The van der Waals surface area contributed by atoms with E-state index in [4.69, 9.17) is 4.74 Å². The van der Waals surface area contributed by atoms with Gasteiger partial charge in [0.15, 0.2) is 0 Å². The van der Waals surface area contributed by atoms with Crippen LogP contribution in [0.2, 0.25) is 0 Å². The van der Waals surface area contributed by atoms with Crippen LogP contribution in [0.5, 0.6) is 0 Å². The highest BCUT2D eigenvalue weighted by atomic mass is 16.5. The minimum Gasteiger partial charge on any atom is -0.473 e. The van der Waals surface area contributed by atoms with Crippen molar-refractivity contribution in [2.24, 2.45) is 11.8 Å². The largest absolute Gasteiger partial charge is 0.473 e. The van der Waals surface area contributed by atoms with E-state index >= 15 is 0 Å². The summed E-state index contributed by atoms with van der Waals surface area (Å²) >= 11 is 0. The van der Waals surface area contributed by atoms with Crippen molar-refractivity contribution in [1.29, 1.82) is 0 Å². The topological polar surface area (TPSA) is 9.23 Å². The Morgan fingerprint density at radius 1 is 1.00 bits per heavy atom. The SMILES string of the molecule is C1=CC2C/C=C\O/C=C\CC2CC1. The molecule has 2 aliphatic rings. The van der Waals surface area contributed by atoms with Crippen molar-refractivity contribution < 1.29 is 4.74 Å². The van der Waals surface area contributed by atoms with Gasteiger partial charge in [0.1, 0.15) is 0 Å². The van der Waals surface area contributed by atoms with Gasteiger partial charge in [-0.05, 0) is 49.7 Å². The fourth-order valence-electron chi connectivity index (χ4n) is 2.12. The third-order valence-electron chi connectivity index (χ3n) is 2.89. The van der Waals surface area contributed by atoms with Gasteiger partial charge >= 0.3 is 0 Å². The average Bonchev–Trinajstić information content (AvgIpc) is 2.28. The summed E-state index contributed by atoms with van der Waals surface area (Å²) in [5, 5.41) is 0. The van der Waals surface area contributed by atoms with Crippen LogP contribution in [-0.2, 0) is 4.74 Å². The fraction of sp³-hybridized carbons (Fsp3) is 0.500. The third-order valence-corrected chi connectivity index (χ3v) is 2.89. The predicted octanol–water partition coefficient (Wildman–Crippen LogP) is 3.41. The molecule has 1 aliphatic heterocycles. The summed E-state index contributed by atoms with van der Waals surface area (Å²) < 4.78 is 5.18. The van der Waals surface area contributed by atoms with Gasteiger partial charge in [-0.1, -0.05) is 12.2 Å². The molecular formula is C12H16O. The van der Waals surface area contributed by atoms with E-state index in [0.29, 0.717) is 0 Å². The van der Waals surface area contributed by atoms with Crippen molar-refractivity contribution in [3.8, 4) is 0 Å². The number of ether oxygens (including phenoxy) is 1. The highest BCUT2D eigenvalue weighted by Crippen LogP contribution is 2.31. The van der Waals surface area contributed by atoms with Crippen LogP contribution in [0, 0.1) is 11.8 Å². The highest BCUT2D eigenvalue weighted by molar-refractivity contribution is 5.02. The lowest BCUT2D eigenvalue weighted by Crippen LogP contribution is -2.14. The number of hydrogen-bond donors (Lipinski definition) is 0. The van der Waals surface area contributed by atoms with Crippen LogP contribution in [0.4, 0.5) is 0 Å². The van der Waals surface area contributed by atoms with E-state index in [2.05, 4.69) is 24.3 Å². The normalized spacial score (nSPS) is 37.5. The van der Waals surface area contributed by atoms with E-state index in [-0.39, 0.29) is 0 Å². The van der Waals surface area contributed by atoms with Crippen molar-refractivity contribution in [1.82, 2.24) is 0 Å². The summed E-state index contributed by atoms with van der Waals surface area (Å²) in [5.74, 6) is 1.56. The van der Waals surface area contributed by atoms with Gasteiger partial charge in [-0.25, -0.2) is 0 Å². The maximum atomic E-state index is 5.18. The first kappa shape index (κ1) is 8.61. The first-order valence-electron chi connectivity index (χ1n) is 5.09. The fourth-order valence-corrected chi connectivity index (χ4v) is 2.12. The van der Waals surface area contributed by atoms with Crippen molar-refractivity contribution in [3.63, 3.8) is 0 Å². The van der Waals surface area contributed by atoms with Crippen LogP contribution in [0.15, 0.2) is 36.8 Å². The average molecular weight is 176 g/mol. The summed E-state index contributed by atoms with van der Waals surface area (Å²) in [6, 6.07) is 0. The van der Waals surface area contributed by atoms with E-state index in [1.807, 2.05) is 0 Å². The molecule has 0 saturated carbocycles.